The predicted octanol–water partition coefficient (Wildman–Crippen LogP) is 5.87. The zero-order chi connectivity index (χ0) is 25.3. The van der Waals surface area contributed by atoms with E-state index in [-0.39, 0.29) is 5.91 Å². The van der Waals surface area contributed by atoms with Gasteiger partial charge in [-0.1, -0.05) is 48.0 Å². The number of rotatable bonds is 12. The van der Waals surface area contributed by atoms with Gasteiger partial charge in [-0.25, -0.2) is 4.98 Å². The minimum Gasteiger partial charge on any atom is -0.493 e. The van der Waals surface area contributed by atoms with Crippen LogP contribution in [0.2, 0.25) is 5.02 Å². The third-order valence-electron chi connectivity index (χ3n) is 5.90. The fourth-order valence-corrected chi connectivity index (χ4v) is 4.35. The number of halogens is 1. The maximum absolute atomic E-state index is 12.4. The Bertz CT molecular complexity index is 1350. The molecule has 0 unspecified atom stereocenters. The number of amides is 1. The van der Waals surface area contributed by atoms with Gasteiger partial charge in [0.25, 0.3) is 5.91 Å². The molecule has 0 radical (unpaired) electrons. The molecule has 4 aromatic rings. The Kier molecular flexibility index (Phi) is 8.63. The molecule has 0 spiro atoms. The molecule has 1 aromatic heterocycles. The van der Waals surface area contributed by atoms with Gasteiger partial charge in [-0.05, 0) is 54.8 Å². The molecule has 0 atom stereocenters. The monoisotopic (exact) mass is 503 g/mol. The first-order valence-electron chi connectivity index (χ1n) is 12.0. The third-order valence-corrected chi connectivity index (χ3v) is 6.22. The van der Waals surface area contributed by atoms with Crippen molar-refractivity contribution in [1.82, 2.24) is 14.9 Å². The van der Waals surface area contributed by atoms with Crippen molar-refractivity contribution in [1.29, 1.82) is 0 Å². The number of nitrogens with zero attached hydrogens (tertiary/aromatic N) is 2. The van der Waals surface area contributed by atoms with Gasteiger partial charge < -0.3 is 19.4 Å². The SMILES string of the molecule is C=CCc1ccc(OCCn2c(CCCNC(=O)c3ccccc3Cl)nc3ccccc32)c(OC)c1. The number of ether oxygens (including phenoxy) is 2. The summed E-state index contributed by atoms with van der Waals surface area (Å²) in [6.45, 7) is 5.42. The number of nitrogens with one attached hydrogen (secondary N) is 1. The minimum atomic E-state index is -0.171. The quantitative estimate of drug-likeness (QED) is 0.194. The first-order valence-corrected chi connectivity index (χ1v) is 12.4. The molecule has 1 amide bonds. The number of allylic oxidation sites excluding steroid dienone is 1. The van der Waals surface area contributed by atoms with Gasteiger partial charge in [0, 0.05) is 13.0 Å². The Morgan fingerprint density at radius 3 is 2.72 bits per heavy atom. The summed E-state index contributed by atoms with van der Waals surface area (Å²) in [7, 11) is 1.64. The number of fused-ring (bicyclic) bond motifs is 1. The second-order valence-corrected chi connectivity index (χ2v) is 8.74. The molecule has 0 fully saturated rings. The molecule has 6 nitrogen and oxygen atoms in total. The van der Waals surface area contributed by atoms with Crippen LogP contribution in [0.5, 0.6) is 11.5 Å². The van der Waals surface area contributed by atoms with E-state index in [1.807, 2.05) is 42.5 Å². The maximum Gasteiger partial charge on any atom is 0.252 e. The Balaban J connectivity index is 1.39. The zero-order valence-corrected chi connectivity index (χ0v) is 21.1. The normalized spacial score (nSPS) is 10.8. The number of para-hydroxylation sites is 2. The van der Waals surface area contributed by atoms with Crippen molar-refractivity contribution >= 4 is 28.5 Å². The lowest BCUT2D eigenvalue weighted by Crippen LogP contribution is -2.25. The molecule has 1 N–H and O–H groups in total. The molecule has 186 valence electrons. The van der Waals surface area contributed by atoms with Gasteiger partial charge in [0.15, 0.2) is 11.5 Å². The van der Waals surface area contributed by atoms with Gasteiger partial charge >= 0.3 is 0 Å². The number of hydrogen-bond donors (Lipinski definition) is 1. The lowest BCUT2D eigenvalue weighted by atomic mass is 10.1. The molecule has 3 aromatic carbocycles. The summed E-state index contributed by atoms with van der Waals surface area (Å²) in [5.41, 5.74) is 3.61. The molecule has 0 saturated carbocycles. The molecule has 4 rings (SSSR count). The van der Waals surface area contributed by atoms with Crippen LogP contribution >= 0.6 is 11.6 Å². The van der Waals surface area contributed by atoms with Crippen molar-refractivity contribution in [2.45, 2.75) is 25.8 Å². The Labute approximate surface area is 216 Å². The van der Waals surface area contributed by atoms with Crippen molar-refractivity contribution in [3.05, 3.63) is 101 Å². The first-order chi connectivity index (χ1) is 17.6. The third kappa shape index (κ3) is 6.07. The summed E-state index contributed by atoms with van der Waals surface area (Å²) >= 11 is 6.13. The highest BCUT2D eigenvalue weighted by Crippen LogP contribution is 2.28. The number of carbonyl (C=O) groups excluding carboxylic acids is 1. The summed E-state index contributed by atoms with van der Waals surface area (Å²) in [6, 6.07) is 21.1. The number of methoxy groups -OCH3 is 1. The van der Waals surface area contributed by atoms with E-state index in [1.54, 1.807) is 31.4 Å². The molecule has 0 aliphatic carbocycles. The van der Waals surface area contributed by atoms with E-state index in [0.29, 0.717) is 41.8 Å². The van der Waals surface area contributed by atoms with E-state index in [2.05, 4.69) is 22.5 Å². The lowest BCUT2D eigenvalue weighted by Gasteiger charge is -2.14. The van der Waals surface area contributed by atoms with Gasteiger partial charge in [-0.2, -0.15) is 0 Å². The van der Waals surface area contributed by atoms with Gasteiger partial charge in [-0.15, -0.1) is 6.58 Å². The highest BCUT2D eigenvalue weighted by Gasteiger charge is 2.13. The summed E-state index contributed by atoms with van der Waals surface area (Å²) in [6.07, 6.45) is 4.11. The average Bonchev–Trinajstić information content (AvgIpc) is 3.25. The van der Waals surface area contributed by atoms with Crippen molar-refractivity contribution in [2.75, 3.05) is 20.3 Å². The van der Waals surface area contributed by atoms with E-state index in [0.717, 1.165) is 41.7 Å². The van der Waals surface area contributed by atoms with Gasteiger partial charge in [0.1, 0.15) is 12.4 Å². The van der Waals surface area contributed by atoms with Crippen LogP contribution in [0.1, 0.15) is 28.2 Å². The number of carbonyl (C=O) groups is 1. The molecular formula is C29H30ClN3O3. The largest absolute Gasteiger partial charge is 0.493 e. The molecular weight excluding hydrogens is 474 g/mol. The number of hydrogen-bond acceptors (Lipinski definition) is 4. The number of benzene rings is 3. The van der Waals surface area contributed by atoms with Crippen LogP contribution in [0.15, 0.2) is 79.4 Å². The fourth-order valence-electron chi connectivity index (χ4n) is 4.13. The van der Waals surface area contributed by atoms with Crippen molar-refractivity contribution < 1.29 is 14.3 Å². The molecule has 0 bridgehead atoms. The molecule has 7 heteroatoms. The second kappa shape index (κ2) is 12.3. The lowest BCUT2D eigenvalue weighted by molar-refractivity contribution is 0.0953. The molecule has 36 heavy (non-hydrogen) atoms. The van der Waals surface area contributed by atoms with Gasteiger partial charge in [-0.3, -0.25) is 4.79 Å². The predicted molar refractivity (Wildman–Crippen MR) is 144 cm³/mol. The topological polar surface area (TPSA) is 65.4 Å². The van der Waals surface area contributed by atoms with Gasteiger partial charge in [0.2, 0.25) is 0 Å². The van der Waals surface area contributed by atoms with E-state index in [9.17, 15) is 4.79 Å². The van der Waals surface area contributed by atoms with Crippen molar-refractivity contribution in [3.63, 3.8) is 0 Å². The molecule has 0 aliphatic rings. The molecule has 0 saturated heterocycles. The summed E-state index contributed by atoms with van der Waals surface area (Å²) in [5.74, 6) is 2.20. The van der Waals surface area contributed by atoms with Crippen LogP contribution in [-0.2, 0) is 19.4 Å². The standard InChI is InChI=1S/C29H30ClN3O3/c1-3-9-21-15-16-26(27(20-21)35-2)36-19-18-33-25-13-7-6-12-24(25)32-28(33)14-8-17-31-29(34)22-10-4-5-11-23(22)30/h3-7,10-13,15-16,20H,1,8-9,14,17-19H2,2H3,(H,31,34). The summed E-state index contributed by atoms with van der Waals surface area (Å²) in [5, 5.41) is 3.40. The van der Waals surface area contributed by atoms with Crippen LogP contribution < -0.4 is 14.8 Å². The van der Waals surface area contributed by atoms with Crippen molar-refractivity contribution in [3.8, 4) is 11.5 Å². The highest BCUT2D eigenvalue weighted by atomic mass is 35.5. The number of aromatic nitrogens is 2. The first kappa shape index (κ1) is 25.3. The Morgan fingerprint density at radius 1 is 1.11 bits per heavy atom. The Hall–Kier alpha value is -3.77. The van der Waals surface area contributed by atoms with Crippen LogP contribution in [-0.4, -0.2) is 35.7 Å². The fraction of sp³-hybridized carbons (Fsp3) is 0.241. The van der Waals surface area contributed by atoms with E-state index in [1.165, 1.54) is 0 Å². The summed E-state index contributed by atoms with van der Waals surface area (Å²) in [4.78, 5) is 17.3. The Morgan fingerprint density at radius 2 is 1.92 bits per heavy atom. The van der Waals surface area contributed by atoms with E-state index in [4.69, 9.17) is 26.1 Å². The smallest absolute Gasteiger partial charge is 0.252 e. The van der Waals surface area contributed by atoms with Crippen LogP contribution in [0.3, 0.4) is 0 Å². The average molecular weight is 504 g/mol. The highest BCUT2D eigenvalue weighted by molar-refractivity contribution is 6.33. The van der Waals surface area contributed by atoms with Crippen LogP contribution in [0.25, 0.3) is 11.0 Å². The maximum atomic E-state index is 12.4. The minimum absolute atomic E-state index is 0.171. The zero-order valence-electron chi connectivity index (χ0n) is 20.4. The van der Waals surface area contributed by atoms with Crippen LogP contribution in [0, 0.1) is 0 Å². The van der Waals surface area contributed by atoms with E-state index >= 15 is 0 Å². The summed E-state index contributed by atoms with van der Waals surface area (Å²) < 4.78 is 13.8. The van der Waals surface area contributed by atoms with Crippen LogP contribution in [0.4, 0.5) is 0 Å². The number of aryl methyl sites for hydroxylation is 1. The second-order valence-electron chi connectivity index (χ2n) is 8.33. The van der Waals surface area contributed by atoms with Crippen molar-refractivity contribution in [2.24, 2.45) is 0 Å². The molecule has 0 aliphatic heterocycles. The van der Waals surface area contributed by atoms with Gasteiger partial charge in [0.05, 0.1) is 35.3 Å². The molecule has 1 heterocycles. The number of imidazole rings is 1. The van der Waals surface area contributed by atoms with E-state index < -0.39 is 0 Å².